The van der Waals surface area contributed by atoms with E-state index in [9.17, 15) is 19.5 Å². The maximum absolute atomic E-state index is 14.7. The van der Waals surface area contributed by atoms with Crippen molar-refractivity contribution in [2.45, 2.75) is 112 Å². The molecule has 0 bridgehead atoms. The van der Waals surface area contributed by atoms with E-state index < -0.39 is 28.3 Å². The van der Waals surface area contributed by atoms with Gasteiger partial charge in [-0.2, -0.15) is 0 Å². The first-order chi connectivity index (χ1) is 16.1. The fraction of sp³-hybridized carbons (Fsp3) is 0.833. The highest BCUT2D eigenvalue weighted by atomic mass is 16.4. The summed E-state index contributed by atoms with van der Waals surface area (Å²) in [6.07, 6.45) is 8.00. The molecule has 0 aromatic heterocycles. The van der Waals surface area contributed by atoms with Crippen LogP contribution in [0.25, 0.3) is 0 Å². The number of aliphatic hydroxyl groups is 1. The van der Waals surface area contributed by atoms with Gasteiger partial charge in [0, 0.05) is 22.8 Å². The first-order valence-electron chi connectivity index (χ1n) is 13.8. The number of allylic oxidation sites excluding steroid dienone is 1. The molecule has 5 heteroatoms. The van der Waals surface area contributed by atoms with Gasteiger partial charge in [0.2, 0.25) is 0 Å². The Kier molecular flexibility index (Phi) is 6.27. The van der Waals surface area contributed by atoms with Crippen molar-refractivity contribution < 1.29 is 24.6 Å². The summed E-state index contributed by atoms with van der Waals surface area (Å²) in [7, 11) is 0. The average Bonchev–Trinajstić information content (AvgIpc) is 3.19. The van der Waals surface area contributed by atoms with Gasteiger partial charge >= 0.3 is 5.97 Å². The molecule has 0 heterocycles. The van der Waals surface area contributed by atoms with E-state index in [0.717, 1.165) is 32.1 Å². The molecule has 0 unspecified atom stereocenters. The highest BCUT2D eigenvalue weighted by Crippen LogP contribution is 2.75. The van der Waals surface area contributed by atoms with E-state index in [1.165, 1.54) is 0 Å². The standard InChI is InChI=1S/C30H46O5/c1-18(9-8-10-19(2)24(33)34)20-11-13-29(7)25(35)30(16-15-27(20,29)5)23(32)17-21-26(3,4)22(31)12-14-28(21,30)6/h10,18,20-21,23,32H,8-9,11-17H2,1-7H3,(H,33,34)/b19-10-/t18-,20-,21-,23-,27-,28-,29+,30+/m0/s1. The molecule has 0 aliphatic heterocycles. The van der Waals surface area contributed by atoms with Crippen LogP contribution in [0.4, 0.5) is 0 Å². The molecule has 5 nitrogen and oxygen atoms in total. The van der Waals surface area contributed by atoms with Crippen molar-refractivity contribution in [1.82, 2.24) is 0 Å². The van der Waals surface area contributed by atoms with Crippen LogP contribution >= 0.6 is 0 Å². The zero-order chi connectivity index (χ0) is 26.2. The van der Waals surface area contributed by atoms with Crippen LogP contribution in [0, 0.1) is 44.8 Å². The minimum atomic E-state index is -0.865. The molecule has 0 saturated heterocycles. The Hall–Kier alpha value is -1.49. The number of carbonyl (C=O) groups excluding carboxylic acids is 2. The quantitative estimate of drug-likeness (QED) is 0.466. The van der Waals surface area contributed by atoms with Gasteiger partial charge in [-0.1, -0.05) is 47.6 Å². The van der Waals surface area contributed by atoms with Crippen LogP contribution in [0.3, 0.4) is 0 Å². The first kappa shape index (κ1) is 26.6. The smallest absolute Gasteiger partial charge is 0.330 e. The number of Topliss-reactive ketones (excluding diaryl/α,β-unsaturated/α-hetero) is 2. The summed E-state index contributed by atoms with van der Waals surface area (Å²) in [5.74, 6) is 0.492. The van der Waals surface area contributed by atoms with Crippen molar-refractivity contribution in [2.24, 2.45) is 44.8 Å². The molecule has 0 aromatic carbocycles. The summed E-state index contributed by atoms with van der Waals surface area (Å²) >= 11 is 0. The Labute approximate surface area is 211 Å². The molecule has 4 fully saturated rings. The van der Waals surface area contributed by atoms with Gasteiger partial charge in [-0.05, 0) is 86.9 Å². The Balaban J connectivity index is 1.63. The van der Waals surface area contributed by atoms with Crippen LogP contribution in [-0.4, -0.2) is 33.9 Å². The van der Waals surface area contributed by atoms with Crippen LogP contribution in [0.5, 0.6) is 0 Å². The molecule has 2 N–H and O–H groups in total. The van der Waals surface area contributed by atoms with Crippen LogP contribution < -0.4 is 0 Å². The van der Waals surface area contributed by atoms with Gasteiger partial charge in [0.1, 0.15) is 11.6 Å². The molecular weight excluding hydrogens is 440 g/mol. The number of carboxylic acid groups (broad SMARTS) is 1. The van der Waals surface area contributed by atoms with Crippen molar-refractivity contribution in [2.75, 3.05) is 0 Å². The minimum Gasteiger partial charge on any atom is -0.478 e. The summed E-state index contributed by atoms with van der Waals surface area (Å²) in [6, 6.07) is 0. The second-order valence-electron chi connectivity index (χ2n) is 13.8. The second kappa shape index (κ2) is 8.26. The predicted octanol–water partition coefficient (Wildman–Crippen LogP) is 5.98. The maximum atomic E-state index is 14.7. The van der Waals surface area contributed by atoms with Gasteiger partial charge < -0.3 is 10.2 Å². The number of carbonyl (C=O) groups is 3. The number of aliphatic carboxylic acids is 1. The summed E-state index contributed by atoms with van der Waals surface area (Å²) in [5, 5.41) is 20.8. The zero-order valence-electron chi connectivity index (χ0n) is 22.9. The average molecular weight is 487 g/mol. The Morgan fingerprint density at radius 3 is 2.34 bits per heavy atom. The highest BCUT2D eigenvalue weighted by molar-refractivity contribution is 5.95. The van der Waals surface area contributed by atoms with Crippen molar-refractivity contribution in [1.29, 1.82) is 0 Å². The third-order valence-electron chi connectivity index (χ3n) is 12.4. The highest BCUT2D eigenvalue weighted by Gasteiger charge is 2.76. The molecule has 8 atom stereocenters. The normalized spacial score (nSPS) is 45.9. The SMILES string of the molecule is C/C(=C/CC[C@H](C)[C@@H]1CC[C@]2(C)C(=O)[C@@]3(CC[C@@]12C)[C@@H](O)C[C@H]1C(C)(C)C(=O)CC[C@@]13C)C(=O)O. The Bertz CT molecular complexity index is 964. The third kappa shape index (κ3) is 3.32. The van der Waals surface area contributed by atoms with Crippen LogP contribution in [0.1, 0.15) is 106 Å². The molecular formula is C30H46O5. The van der Waals surface area contributed by atoms with Crippen LogP contribution in [0.2, 0.25) is 0 Å². The summed E-state index contributed by atoms with van der Waals surface area (Å²) < 4.78 is 0. The van der Waals surface area contributed by atoms with Crippen LogP contribution in [0.15, 0.2) is 11.6 Å². The molecule has 0 radical (unpaired) electrons. The lowest BCUT2D eigenvalue weighted by Crippen LogP contribution is -2.64. The molecule has 4 aliphatic carbocycles. The van der Waals surface area contributed by atoms with E-state index in [4.69, 9.17) is 5.11 Å². The summed E-state index contributed by atoms with van der Waals surface area (Å²) in [6.45, 7) is 14.6. The maximum Gasteiger partial charge on any atom is 0.330 e. The number of fused-ring (bicyclic) bond motifs is 3. The molecule has 4 saturated carbocycles. The number of hydrogen-bond donors (Lipinski definition) is 2. The van der Waals surface area contributed by atoms with E-state index in [0.29, 0.717) is 43.1 Å². The molecule has 0 aromatic rings. The van der Waals surface area contributed by atoms with E-state index in [1.54, 1.807) is 6.92 Å². The number of aliphatic hydroxyl groups excluding tert-OH is 1. The third-order valence-corrected chi connectivity index (χ3v) is 12.4. The lowest BCUT2D eigenvalue weighted by atomic mass is 9.41. The largest absolute Gasteiger partial charge is 0.478 e. The van der Waals surface area contributed by atoms with Gasteiger partial charge in [0.25, 0.3) is 0 Å². The lowest BCUT2D eigenvalue weighted by Gasteiger charge is -2.61. The molecule has 1 spiro atoms. The predicted molar refractivity (Wildman–Crippen MR) is 136 cm³/mol. The number of rotatable bonds is 5. The van der Waals surface area contributed by atoms with Gasteiger partial charge in [-0.3, -0.25) is 9.59 Å². The summed E-state index contributed by atoms with van der Waals surface area (Å²) in [5.41, 5.74) is -1.84. The van der Waals surface area contributed by atoms with Gasteiger partial charge in [-0.15, -0.1) is 0 Å². The molecule has 196 valence electrons. The molecule has 0 amide bonds. The number of hydrogen-bond acceptors (Lipinski definition) is 4. The zero-order valence-corrected chi connectivity index (χ0v) is 22.9. The van der Waals surface area contributed by atoms with E-state index in [-0.39, 0.29) is 28.3 Å². The molecule has 4 aliphatic rings. The van der Waals surface area contributed by atoms with E-state index in [2.05, 4.69) is 27.7 Å². The fourth-order valence-electron chi connectivity index (χ4n) is 9.74. The van der Waals surface area contributed by atoms with Gasteiger partial charge in [0.05, 0.1) is 11.5 Å². The fourth-order valence-corrected chi connectivity index (χ4v) is 9.74. The Morgan fingerprint density at radius 2 is 1.71 bits per heavy atom. The molecule has 35 heavy (non-hydrogen) atoms. The first-order valence-corrected chi connectivity index (χ1v) is 13.8. The number of ketones is 2. The van der Waals surface area contributed by atoms with Crippen molar-refractivity contribution in [3.63, 3.8) is 0 Å². The monoisotopic (exact) mass is 486 g/mol. The van der Waals surface area contributed by atoms with E-state index in [1.807, 2.05) is 19.9 Å². The Morgan fingerprint density at radius 1 is 1.06 bits per heavy atom. The lowest BCUT2D eigenvalue weighted by molar-refractivity contribution is -0.182. The molecule has 4 rings (SSSR count). The number of carboxylic acids is 1. The van der Waals surface area contributed by atoms with Crippen LogP contribution in [-0.2, 0) is 14.4 Å². The van der Waals surface area contributed by atoms with Gasteiger partial charge in [-0.25, -0.2) is 4.79 Å². The van der Waals surface area contributed by atoms with Crippen molar-refractivity contribution in [3.05, 3.63) is 11.6 Å². The van der Waals surface area contributed by atoms with E-state index >= 15 is 0 Å². The van der Waals surface area contributed by atoms with Crippen molar-refractivity contribution >= 4 is 17.5 Å². The second-order valence-corrected chi connectivity index (χ2v) is 13.8. The van der Waals surface area contributed by atoms with Crippen molar-refractivity contribution in [3.8, 4) is 0 Å². The van der Waals surface area contributed by atoms with Gasteiger partial charge in [0.15, 0.2) is 0 Å². The summed E-state index contributed by atoms with van der Waals surface area (Å²) in [4.78, 5) is 38.7. The topological polar surface area (TPSA) is 91.7 Å². The minimum absolute atomic E-state index is 0.0311.